The molecule has 5 nitrogen and oxygen atoms in total. The van der Waals surface area contributed by atoms with Crippen molar-refractivity contribution < 1.29 is 21.6 Å². The second-order valence-electron chi connectivity index (χ2n) is 8.75. The molecule has 0 atom stereocenters. The number of benzene rings is 2. The number of pyridine rings is 1. The van der Waals surface area contributed by atoms with Gasteiger partial charge in [0.25, 0.3) is 0 Å². The summed E-state index contributed by atoms with van der Waals surface area (Å²) in [5.74, 6) is 0. The van der Waals surface area contributed by atoms with Crippen LogP contribution < -0.4 is 4.72 Å². The first-order valence-electron chi connectivity index (χ1n) is 11.1. The van der Waals surface area contributed by atoms with E-state index in [9.17, 15) is 21.6 Å². The van der Waals surface area contributed by atoms with E-state index in [1.54, 1.807) is 12.1 Å². The van der Waals surface area contributed by atoms with Crippen molar-refractivity contribution in [1.82, 2.24) is 14.6 Å². The number of piperidine rings is 1. The number of likely N-dealkylation sites (tertiary alicyclic amines) is 1. The first-order valence-corrected chi connectivity index (χ1v) is 13.0. The van der Waals surface area contributed by atoms with Crippen molar-refractivity contribution in [3.05, 3.63) is 94.8 Å². The Hall–Kier alpha value is -2.46. The molecule has 1 fully saturated rings. The van der Waals surface area contributed by atoms with Crippen LogP contribution in [-0.2, 0) is 28.5 Å². The average Bonchev–Trinajstić information content (AvgIpc) is 2.81. The van der Waals surface area contributed by atoms with Crippen LogP contribution in [-0.4, -0.2) is 37.6 Å². The number of rotatable bonds is 7. The highest BCUT2D eigenvalue weighted by Gasteiger charge is 2.41. The van der Waals surface area contributed by atoms with Crippen molar-refractivity contribution in [2.45, 2.75) is 42.4 Å². The van der Waals surface area contributed by atoms with Crippen LogP contribution in [0, 0.1) is 0 Å². The standard InChI is InChI=1S/C25H25ClF3N3O2S/c26-21-8-11-23(30-17-21)24(12-14-32(15-13-24)18-20-4-2-1-3-5-20)31-35(33,34)22-9-6-19(7-10-22)16-25(27,28)29/h1-11,17,31H,12-16,18H2. The van der Waals surface area contributed by atoms with E-state index >= 15 is 0 Å². The Labute approximate surface area is 208 Å². The fourth-order valence-corrected chi connectivity index (χ4v) is 5.89. The Morgan fingerprint density at radius 2 is 1.60 bits per heavy atom. The number of aromatic nitrogens is 1. The maximum atomic E-state index is 13.3. The summed E-state index contributed by atoms with van der Waals surface area (Å²) in [6.07, 6.45) is -3.05. The van der Waals surface area contributed by atoms with E-state index in [4.69, 9.17) is 11.6 Å². The zero-order chi connectivity index (χ0) is 25.1. The van der Waals surface area contributed by atoms with E-state index in [0.717, 1.165) is 6.54 Å². The molecule has 2 aromatic carbocycles. The first kappa shape index (κ1) is 25.6. The number of hydrogen-bond donors (Lipinski definition) is 1. The molecule has 0 aliphatic carbocycles. The van der Waals surface area contributed by atoms with Gasteiger partial charge >= 0.3 is 6.18 Å². The summed E-state index contributed by atoms with van der Waals surface area (Å²) in [4.78, 5) is 6.57. The second kappa shape index (κ2) is 10.3. The smallest absolute Gasteiger partial charge is 0.299 e. The molecule has 3 aromatic rings. The van der Waals surface area contributed by atoms with Crippen LogP contribution in [0.1, 0.15) is 29.7 Å². The summed E-state index contributed by atoms with van der Waals surface area (Å²) in [6.45, 7) is 2.01. The second-order valence-corrected chi connectivity index (χ2v) is 10.9. The monoisotopic (exact) mass is 523 g/mol. The normalized spacial score (nSPS) is 16.8. The molecule has 2 heterocycles. The van der Waals surface area contributed by atoms with Gasteiger partial charge in [0.05, 0.1) is 27.6 Å². The summed E-state index contributed by atoms with van der Waals surface area (Å²) in [5, 5.41) is 0.438. The fourth-order valence-electron chi connectivity index (χ4n) is 4.34. The quantitative estimate of drug-likeness (QED) is 0.456. The molecule has 1 N–H and O–H groups in total. The Morgan fingerprint density at radius 3 is 2.17 bits per heavy atom. The zero-order valence-corrected chi connectivity index (χ0v) is 20.4. The molecule has 186 valence electrons. The van der Waals surface area contributed by atoms with Gasteiger partial charge in [-0.2, -0.15) is 17.9 Å². The lowest BCUT2D eigenvalue weighted by Crippen LogP contribution is -2.53. The van der Waals surface area contributed by atoms with E-state index in [1.165, 1.54) is 36.0 Å². The van der Waals surface area contributed by atoms with Crippen molar-refractivity contribution in [2.24, 2.45) is 0 Å². The van der Waals surface area contributed by atoms with Gasteiger partial charge in [-0.1, -0.05) is 54.1 Å². The number of nitrogens with zero attached hydrogens (tertiary/aromatic N) is 2. The SMILES string of the molecule is O=S(=O)(NC1(c2ccc(Cl)cn2)CCN(Cc2ccccc2)CC1)c1ccc(CC(F)(F)F)cc1. The largest absolute Gasteiger partial charge is 0.393 e. The summed E-state index contributed by atoms with van der Waals surface area (Å²) in [7, 11) is -4.04. The molecule has 0 spiro atoms. The Morgan fingerprint density at radius 1 is 0.943 bits per heavy atom. The molecule has 4 rings (SSSR count). The van der Waals surface area contributed by atoms with Gasteiger partial charge < -0.3 is 0 Å². The van der Waals surface area contributed by atoms with E-state index in [2.05, 4.69) is 14.6 Å². The van der Waals surface area contributed by atoms with Gasteiger partial charge in [-0.25, -0.2) is 8.42 Å². The Bertz CT molecular complexity index is 1230. The van der Waals surface area contributed by atoms with E-state index in [0.29, 0.717) is 36.6 Å². The maximum Gasteiger partial charge on any atom is 0.393 e. The minimum Gasteiger partial charge on any atom is -0.299 e. The Kier molecular flexibility index (Phi) is 7.51. The molecule has 35 heavy (non-hydrogen) atoms. The summed E-state index contributed by atoms with van der Waals surface area (Å²) in [6, 6.07) is 18.2. The minimum atomic E-state index is -4.36. The van der Waals surface area contributed by atoms with Crippen molar-refractivity contribution in [2.75, 3.05) is 13.1 Å². The van der Waals surface area contributed by atoms with Crippen molar-refractivity contribution in [1.29, 1.82) is 0 Å². The van der Waals surface area contributed by atoms with Gasteiger partial charge in [0, 0.05) is 25.8 Å². The number of nitrogens with one attached hydrogen (secondary N) is 1. The molecule has 1 aliphatic rings. The molecule has 0 bridgehead atoms. The maximum absolute atomic E-state index is 13.3. The number of hydrogen-bond acceptors (Lipinski definition) is 4. The molecule has 0 unspecified atom stereocenters. The molecular weight excluding hydrogens is 499 g/mol. The van der Waals surface area contributed by atoms with Crippen LogP contribution in [0.2, 0.25) is 5.02 Å². The fraction of sp³-hybridized carbons (Fsp3) is 0.320. The van der Waals surface area contributed by atoms with E-state index in [1.807, 2.05) is 30.3 Å². The topological polar surface area (TPSA) is 62.3 Å². The van der Waals surface area contributed by atoms with Crippen LogP contribution in [0.15, 0.2) is 77.8 Å². The van der Waals surface area contributed by atoms with E-state index < -0.39 is 28.2 Å². The van der Waals surface area contributed by atoms with Gasteiger partial charge in [0.2, 0.25) is 10.0 Å². The van der Waals surface area contributed by atoms with Gasteiger partial charge in [-0.05, 0) is 48.2 Å². The highest BCUT2D eigenvalue weighted by atomic mass is 35.5. The van der Waals surface area contributed by atoms with Gasteiger partial charge in [-0.3, -0.25) is 9.88 Å². The van der Waals surface area contributed by atoms with E-state index in [-0.39, 0.29) is 10.5 Å². The summed E-state index contributed by atoms with van der Waals surface area (Å²) >= 11 is 6.01. The molecule has 10 heteroatoms. The lowest BCUT2D eigenvalue weighted by Gasteiger charge is -2.41. The van der Waals surface area contributed by atoms with Crippen LogP contribution in [0.3, 0.4) is 0 Å². The third-order valence-corrected chi connectivity index (χ3v) is 7.92. The van der Waals surface area contributed by atoms with Crippen molar-refractivity contribution in [3.63, 3.8) is 0 Å². The molecule has 0 saturated carbocycles. The third kappa shape index (κ3) is 6.61. The van der Waals surface area contributed by atoms with Crippen LogP contribution in [0.4, 0.5) is 13.2 Å². The summed E-state index contributed by atoms with van der Waals surface area (Å²) < 4.78 is 67.5. The molecule has 1 saturated heterocycles. The van der Waals surface area contributed by atoms with Gasteiger partial charge in [-0.15, -0.1) is 0 Å². The molecule has 0 radical (unpaired) electrons. The van der Waals surface area contributed by atoms with Crippen LogP contribution >= 0.6 is 11.6 Å². The van der Waals surface area contributed by atoms with Crippen molar-refractivity contribution in [3.8, 4) is 0 Å². The highest BCUT2D eigenvalue weighted by Crippen LogP contribution is 2.35. The molecule has 0 amide bonds. The number of sulfonamides is 1. The predicted molar refractivity (Wildman–Crippen MR) is 128 cm³/mol. The number of halogens is 4. The minimum absolute atomic E-state index is 0.000230. The van der Waals surface area contributed by atoms with Gasteiger partial charge in [0.15, 0.2) is 0 Å². The number of alkyl halides is 3. The Balaban J connectivity index is 1.56. The van der Waals surface area contributed by atoms with Crippen molar-refractivity contribution >= 4 is 21.6 Å². The average molecular weight is 524 g/mol. The lowest BCUT2D eigenvalue weighted by molar-refractivity contribution is -0.127. The molecular formula is C25H25ClF3N3O2S. The van der Waals surface area contributed by atoms with Gasteiger partial charge in [0.1, 0.15) is 0 Å². The lowest BCUT2D eigenvalue weighted by atomic mass is 9.85. The third-order valence-electron chi connectivity index (χ3n) is 6.14. The highest BCUT2D eigenvalue weighted by molar-refractivity contribution is 7.89. The summed E-state index contributed by atoms with van der Waals surface area (Å²) in [5.41, 5.74) is 0.753. The molecule has 1 aromatic heterocycles. The first-order chi connectivity index (χ1) is 16.5. The van der Waals surface area contributed by atoms with Crippen LogP contribution in [0.5, 0.6) is 0 Å². The van der Waals surface area contributed by atoms with Crippen LogP contribution in [0.25, 0.3) is 0 Å². The predicted octanol–water partition coefficient (Wildman–Crippen LogP) is 5.31. The molecule has 1 aliphatic heterocycles. The zero-order valence-electron chi connectivity index (χ0n) is 18.8.